The van der Waals surface area contributed by atoms with Crippen molar-refractivity contribution in [2.24, 2.45) is 5.41 Å². The lowest BCUT2D eigenvalue weighted by Gasteiger charge is -2.20. The number of carbonyl (C=O) groups excluding carboxylic acids is 1. The van der Waals surface area contributed by atoms with Gasteiger partial charge in [0.1, 0.15) is 11.5 Å². The van der Waals surface area contributed by atoms with Crippen molar-refractivity contribution in [2.75, 3.05) is 7.11 Å². The lowest BCUT2D eigenvalue weighted by molar-refractivity contribution is -0.148. The zero-order chi connectivity index (χ0) is 20.9. The normalized spacial score (nSPS) is 13.9. The van der Waals surface area contributed by atoms with Gasteiger partial charge in [-0.2, -0.15) is 0 Å². The van der Waals surface area contributed by atoms with Crippen LogP contribution in [-0.4, -0.2) is 13.1 Å². The molecule has 0 aliphatic heterocycles. The number of methoxy groups -OCH3 is 1. The smallest absolute Gasteiger partial charge is 0.316 e. The average molecular weight is 389 g/mol. The fraction of sp³-hybridized carbons (Fsp3) is 0.308. The zero-order valence-electron chi connectivity index (χ0n) is 17.6. The number of ether oxygens (including phenoxy) is 2. The standard InChI is InChI=1S/C26H28O3/c1-26(2,3)25(27)29-23-12-8-9-19(17-23)18-24(20-10-6-5-7-11-20)21-13-15-22(28-4)16-14-21/h5-7,10-11,13-17H,8-9,12H2,1-4H3. The van der Waals surface area contributed by atoms with Crippen LogP contribution in [0.3, 0.4) is 0 Å². The van der Waals surface area contributed by atoms with Gasteiger partial charge < -0.3 is 9.47 Å². The molecule has 0 N–H and O–H groups in total. The van der Waals surface area contributed by atoms with Crippen LogP contribution in [0.4, 0.5) is 0 Å². The van der Waals surface area contributed by atoms with E-state index < -0.39 is 5.41 Å². The summed E-state index contributed by atoms with van der Waals surface area (Å²) in [6.07, 6.45) is 4.59. The number of rotatable bonds is 4. The van der Waals surface area contributed by atoms with E-state index in [4.69, 9.17) is 9.47 Å². The van der Waals surface area contributed by atoms with Crippen LogP contribution in [0.25, 0.3) is 5.57 Å². The second-order valence-electron chi connectivity index (χ2n) is 8.22. The topological polar surface area (TPSA) is 35.5 Å². The number of benzene rings is 2. The molecule has 0 fully saturated rings. The first kappa shape index (κ1) is 20.7. The van der Waals surface area contributed by atoms with E-state index in [1.54, 1.807) is 7.11 Å². The van der Waals surface area contributed by atoms with Gasteiger partial charge in [0.25, 0.3) is 0 Å². The second kappa shape index (κ2) is 8.98. The van der Waals surface area contributed by atoms with Crippen LogP contribution >= 0.6 is 0 Å². The zero-order valence-corrected chi connectivity index (χ0v) is 17.6. The SMILES string of the molecule is COc1ccc(C(=C=C2C=C(OC(=O)C(C)(C)C)CCC2)c2ccccc2)cc1. The third kappa shape index (κ3) is 5.49. The van der Waals surface area contributed by atoms with Gasteiger partial charge in [-0.1, -0.05) is 42.5 Å². The highest BCUT2D eigenvalue weighted by Crippen LogP contribution is 2.29. The number of allylic oxidation sites excluding steroid dienone is 3. The maximum Gasteiger partial charge on any atom is 0.316 e. The lowest BCUT2D eigenvalue weighted by atomic mass is 9.94. The van der Waals surface area contributed by atoms with E-state index in [-0.39, 0.29) is 5.97 Å². The molecule has 3 nitrogen and oxygen atoms in total. The lowest BCUT2D eigenvalue weighted by Crippen LogP contribution is -2.23. The van der Waals surface area contributed by atoms with Gasteiger partial charge in [0.15, 0.2) is 0 Å². The molecule has 2 aromatic carbocycles. The summed E-state index contributed by atoms with van der Waals surface area (Å²) in [4.78, 5) is 12.3. The molecule has 0 amide bonds. The minimum absolute atomic E-state index is 0.201. The summed E-state index contributed by atoms with van der Waals surface area (Å²) >= 11 is 0. The quantitative estimate of drug-likeness (QED) is 0.455. The number of carbonyl (C=O) groups is 1. The van der Waals surface area contributed by atoms with Crippen LogP contribution in [-0.2, 0) is 9.53 Å². The summed E-state index contributed by atoms with van der Waals surface area (Å²) in [5.74, 6) is 1.34. The molecule has 0 aromatic heterocycles. The van der Waals surface area contributed by atoms with E-state index >= 15 is 0 Å². The molecule has 150 valence electrons. The molecule has 1 aliphatic carbocycles. The maximum atomic E-state index is 12.3. The molecule has 3 rings (SSSR count). The highest BCUT2D eigenvalue weighted by atomic mass is 16.5. The molecule has 2 aromatic rings. The van der Waals surface area contributed by atoms with Crippen LogP contribution < -0.4 is 4.74 Å². The van der Waals surface area contributed by atoms with E-state index in [1.165, 1.54) is 0 Å². The summed E-state index contributed by atoms with van der Waals surface area (Å²) in [6, 6.07) is 18.2. The van der Waals surface area contributed by atoms with Gasteiger partial charge in [-0.3, -0.25) is 4.79 Å². The third-order valence-corrected chi connectivity index (χ3v) is 4.77. The molecule has 0 unspecified atom stereocenters. The molecule has 0 saturated heterocycles. The van der Waals surface area contributed by atoms with Crippen LogP contribution in [0, 0.1) is 5.41 Å². The van der Waals surface area contributed by atoms with Crippen molar-refractivity contribution in [3.63, 3.8) is 0 Å². The number of esters is 1. The third-order valence-electron chi connectivity index (χ3n) is 4.77. The monoisotopic (exact) mass is 388 g/mol. The maximum absolute atomic E-state index is 12.3. The predicted octanol–water partition coefficient (Wildman–Crippen LogP) is 6.31. The molecule has 0 bridgehead atoms. The van der Waals surface area contributed by atoms with Gasteiger partial charge >= 0.3 is 5.97 Å². The number of hydrogen-bond donors (Lipinski definition) is 0. The van der Waals surface area contributed by atoms with Crippen molar-refractivity contribution < 1.29 is 14.3 Å². The Morgan fingerprint density at radius 2 is 1.59 bits per heavy atom. The Labute approximate surface area is 173 Å². The van der Waals surface area contributed by atoms with Crippen molar-refractivity contribution in [3.05, 3.63) is 88.9 Å². The van der Waals surface area contributed by atoms with Gasteiger partial charge in [0.05, 0.1) is 12.5 Å². The van der Waals surface area contributed by atoms with Crippen molar-refractivity contribution in [1.29, 1.82) is 0 Å². The molecule has 0 atom stereocenters. The Morgan fingerprint density at radius 1 is 0.931 bits per heavy atom. The molecular weight excluding hydrogens is 360 g/mol. The summed E-state index contributed by atoms with van der Waals surface area (Å²) < 4.78 is 10.9. The number of hydrogen-bond acceptors (Lipinski definition) is 3. The summed E-state index contributed by atoms with van der Waals surface area (Å²) in [5.41, 5.74) is 7.30. The van der Waals surface area contributed by atoms with E-state index in [9.17, 15) is 4.79 Å². The Bertz CT molecular complexity index is 951. The van der Waals surface area contributed by atoms with Gasteiger partial charge in [0.2, 0.25) is 0 Å². The fourth-order valence-electron chi connectivity index (χ4n) is 3.08. The first-order valence-corrected chi connectivity index (χ1v) is 9.99. The molecule has 0 heterocycles. The summed E-state index contributed by atoms with van der Waals surface area (Å²) in [6.45, 7) is 5.60. The average Bonchev–Trinajstić information content (AvgIpc) is 2.72. The first-order valence-electron chi connectivity index (χ1n) is 9.99. The van der Waals surface area contributed by atoms with Crippen LogP contribution in [0.5, 0.6) is 5.75 Å². The van der Waals surface area contributed by atoms with Crippen LogP contribution in [0.15, 0.2) is 77.7 Å². The van der Waals surface area contributed by atoms with Gasteiger partial charge in [-0.25, -0.2) is 0 Å². The van der Waals surface area contributed by atoms with Crippen LogP contribution in [0.1, 0.15) is 51.2 Å². The van der Waals surface area contributed by atoms with Crippen LogP contribution in [0.2, 0.25) is 0 Å². The van der Waals surface area contributed by atoms with Gasteiger partial charge in [-0.05, 0) is 68.5 Å². The van der Waals surface area contributed by atoms with Gasteiger partial charge in [0, 0.05) is 12.0 Å². The van der Waals surface area contributed by atoms with Crippen molar-refractivity contribution in [2.45, 2.75) is 40.0 Å². The Kier molecular flexibility index (Phi) is 6.41. The van der Waals surface area contributed by atoms with Gasteiger partial charge in [-0.15, -0.1) is 5.73 Å². The van der Waals surface area contributed by atoms with E-state index in [0.717, 1.165) is 53.0 Å². The molecule has 0 radical (unpaired) electrons. The summed E-state index contributed by atoms with van der Waals surface area (Å²) in [5, 5.41) is 0. The predicted molar refractivity (Wildman–Crippen MR) is 116 cm³/mol. The molecule has 0 saturated carbocycles. The Morgan fingerprint density at radius 3 is 2.21 bits per heavy atom. The second-order valence-corrected chi connectivity index (χ2v) is 8.22. The summed E-state index contributed by atoms with van der Waals surface area (Å²) in [7, 11) is 1.66. The minimum atomic E-state index is -0.518. The largest absolute Gasteiger partial charge is 0.497 e. The molecule has 29 heavy (non-hydrogen) atoms. The highest BCUT2D eigenvalue weighted by molar-refractivity contribution is 5.80. The van der Waals surface area contributed by atoms with E-state index in [2.05, 4.69) is 17.9 Å². The molecule has 1 aliphatic rings. The highest BCUT2D eigenvalue weighted by Gasteiger charge is 2.25. The van der Waals surface area contributed by atoms with Crippen molar-refractivity contribution in [1.82, 2.24) is 0 Å². The molecule has 3 heteroatoms. The first-order chi connectivity index (χ1) is 13.9. The van der Waals surface area contributed by atoms with E-state index in [1.807, 2.05) is 69.3 Å². The van der Waals surface area contributed by atoms with Crippen molar-refractivity contribution >= 4 is 11.5 Å². The molecule has 0 spiro atoms. The Balaban J connectivity index is 2.04. The molecular formula is C26H28O3. The minimum Gasteiger partial charge on any atom is -0.497 e. The van der Waals surface area contributed by atoms with E-state index in [0.29, 0.717) is 0 Å². The van der Waals surface area contributed by atoms with Crippen molar-refractivity contribution in [3.8, 4) is 5.75 Å². The Hall–Kier alpha value is -3.03. The fourth-order valence-corrected chi connectivity index (χ4v) is 3.08.